The highest BCUT2D eigenvalue weighted by molar-refractivity contribution is 8.00. The second-order valence-electron chi connectivity index (χ2n) is 6.81. The summed E-state index contributed by atoms with van der Waals surface area (Å²) in [6, 6.07) is 11.1. The number of rotatable bonds is 7. The van der Waals surface area contributed by atoms with Crippen molar-refractivity contribution < 1.29 is 18.3 Å². The monoisotopic (exact) mass is 406 g/mol. The van der Waals surface area contributed by atoms with Gasteiger partial charge in [0.2, 0.25) is 5.91 Å². The van der Waals surface area contributed by atoms with Crippen LogP contribution in [0.2, 0.25) is 0 Å². The fourth-order valence-corrected chi connectivity index (χ4v) is 3.81. The molecule has 1 N–H and O–H groups in total. The van der Waals surface area contributed by atoms with Crippen molar-refractivity contribution in [2.75, 3.05) is 38.6 Å². The van der Waals surface area contributed by atoms with E-state index in [4.69, 9.17) is 4.74 Å². The second kappa shape index (κ2) is 10.0. The van der Waals surface area contributed by atoms with E-state index in [-0.39, 0.29) is 22.6 Å². The molecule has 2 aromatic rings. The first-order valence-electron chi connectivity index (χ1n) is 9.25. The average molecular weight is 406 g/mol. The summed E-state index contributed by atoms with van der Waals surface area (Å²) in [6.45, 7) is 5.70. The zero-order chi connectivity index (χ0) is 19.9. The number of aryl methyl sites for hydroxylation is 1. The summed E-state index contributed by atoms with van der Waals surface area (Å²) in [7, 11) is 0. The molecule has 1 fully saturated rings. The fraction of sp³-hybridized carbons (Fsp3) is 0.381. The molecule has 7 heteroatoms. The van der Waals surface area contributed by atoms with Gasteiger partial charge in [-0.1, -0.05) is 29.8 Å². The number of carbonyl (C=O) groups excluding carboxylic acids is 1. The van der Waals surface area contributed by atoms with Gasteiger partial charge >= 0.3 is 0 Å². The molecule has 0 aliphatic carbocycles. The smallest absolute Gasteiger partial charge is 0.230 e. The van der Waals surface area contributed by atoms with Crippen molar-refractivity contribution in [2.45, 2.75) is 17.9 Å². The van der Waals surface area contributed by atoms with Gasteiger partial charge in [-0.15, -0.1) is 11.8 Å². The number of ether oxygens (including phenoxy) is 1. The van der Waals surface area contributed by atoms with Gasteiger partial charge in [0.25, 0.3) is 0 Å². The van der Waals surface area contributed by atoms with Crippen LogP contribution in [0.15, 0.2) is 47.4 Å². The average Bonchev–Trinajstić information content (AvgIpc) is 2.69. The van der Waals surface area contributed by atoms with Gasteiger partial charge < -0.3 is 10.1 Å². The maximum atomic E-state index is 13.8. The number of nitrogens with one attached hydrogen (secondary N) is 1. The maximum absolute atomic E-state index is 13.8. The molecule has 0 bridgehead atoms. The minimum Gasteiger partial charge on any atom is -0.379 e. The predicted octanol–water partition coefficient (Wildman–Crippen LogP) is 3.56. The molecule has 0 unspecified atom stereocenters. The van der Waals surface area contributed by atoms with Crippen molar-refractivity contribution >= 4 is 17.7 Å². The number of carbonyl (C=O) groups is 1. The Morgan fingerprint density at radius 2 is 1.89 bits per heavy atom. The number of hydrogen-bond donors (Lipinski definition) is 1. The third-order valence-electron chi connectivity index (χ3n) is 4.61. The van der Waals surface area contributed by atoms with Crippen molar-refractivity contribution in [3.8, 4) is 0 Å². The normalized spacial score (nSPS) is 16.0. The molecule has 150 valence electrons. The highest BCUT2D eigenvalue weighted by Gasteiger charge is 2.20. The Hall–Kier alpha value is -1.96. The van der Waals surface area contributed by atoms with E-state index in [9.17, 15) is 13.6 Å². The lowest BCUT2D eigenvalue weighted by molar-refractivity contribution is -0.119. The molecule has 3 rings (SSSR count). The summed E-state index contributed by atoms with van der Waals surface area (Å²) in [6.07, 6.45) is 0. The lowest BCUT2D eigenvalue weighted by Crippen LogP contribution is -2.43. The highest BCUT2D eigenvalue weighted by atomic mass is 32.2. The van der Waals surface area contributed by atoms with Crippen LogP contribution in [-0.4, -0.2) is 49.4 Å². The van der Waals surface area contributed by atoms with Crippen LogP contribution in [0.25, 0.3) is 0 Å². The molecule has 1 aliphatic heterocycles. The second-order valence-corrected chi connectivity index (χ2v) is 7.82. The Morgan fingerprint density at radius 3 is 2.61 bits per heavy atom. The lowest BCUT2D eigenvalue weighted by atomic mass is 10.0. The molecule has 0 radical (unpaired) electrons. The lowest BCUT2D eigenvalue weighted by Gasteiger charge is -2.31. The fourth-order valence-electron chi connectivity index (χ4n) is 3.04. The van der Waals surface area contributed by atoms with Crippen LogP contribution in [0.5, 0.6) is 0 Å². The Balaban J connectivity index is 1.64. The minimum absolute atomic E-state index is 0.0197. The topological polar surface area (TPSA) is 41.6 Å². The number of morpholine rings is 1. The molecule has 1 heterocycles. The van der Waals surface area contributed by atoms with Crippen molar-refractivity contribution in [3.05, 3.63) is 65.2 Å². The van der Waals surface area contributed by atoms with E-state index in [2.05, 4.69) is 10.2 Å². The quantitative estimate of drug-likeness (QED) is 0.714. The van der Waals surface area contributed by atoms with Gasteiger partial charge in [0.05, 0.1) is 25.0 Å². The Morgan fingerprint density at radius 1 is 1.18 bits per heavy atom. The summed E-state index contributed by atoms with van der Waals surface area (Å²) < 4.78 is 32.5. The van der Waals surface area contributed by atoms with Crippen LogP contribution in [0.4, 0.5) is 8.78 Å². The molecule has 1 saturated heterocycles. The third kappa shape index (κ3) is 6.02. The zero-order valence-electron chi connectivity index (χ0n) is 15.8. The van der Waals surface area contributed by atoms with Gasteiger partial charge in [0.15, 0.2) is 0 Å². The first-order chi connectivity index (χ1) is 13.5. The molecule has 2 aromatic carbocycles. The van der Waals surface area contributed by atoms with Gasteiger partial charge in [-0.3, -0.25) is 9.69 Å². The van der Waals surface area contributed by atoms with Crippen molar-refractivity contribution in [1.82, 2.24) is 10.2 Å². The van der Waals surface area contributed by atoms with Gasteiger partial charge in [0, 0.05) is 24.5 Å². The van der Waals surface area contributed by atoms with Crippen LogP contribution in [-0.2, 0) is 9.53 Å². The summed E-state index contributed by atoms with van der Waals surface area (Å²) in [4.78, 5) is 14.9. The van der Waals surface area contributed by atoms with E-state index in [0.717, 1.165) is 54.2 Å². The molecule has 28 heavy (non-hydrogen) atoms. The molecule has 1 atom stereocenters. The molecular weight excluding hydrogens is 382 g/mol. The summed E-state index contributed by atoms with van der Waals surface area (Å²) in [5.41, 5.74) is 2.17. The molecule has 0 saturated carbocycles. The van der Waals surface area contributed by atoms with Crippen LogP contribution in [0.3, 0.4) is 0 Å². The van der Waals surface area contributed by atoms with E-state index in [1.165, 1.54) is 0 Å². The SMILES string of the molecule is Cc1ccc([C@@H](CN2CCOCC2)NC(=O)CSc2cc(F)ccc2F)cc1. The number of hydrogen-bond acceptors (Lipinski definition) is 4. The van der Waals surface area contributed by atoms with Crippen LogP contribution < -0.4 is 5.32 Å². The molecular formula is C21H24F2N2O2S. The van der Waals surface area contributed by atoms with E-state index in [1.807, 2.05) is 31.2 Å². The summed E-state index contributed by atoms with van der Waals surface area (Å²) in [5.74, 6) is -1.24. The maximum Gasteiger partial charge on any atom is 0.230 e. The minimum atomic E-state index is -0.525. The first kappa shape index (κ1) is 20.8. The first-order valence-corrected chi connectivity index (χ1v) is 10.2. The van der Waals surface area contributed by atoms with Crippen LogP contribution in [0, 0.1) is 18.6 Å². The Kier molecular flexibility index (Phi) is 7.42. The van der Waals surface area contributed by atoms with Gasteiger partial charge in [0.1, 0.15) is 11.6 Å². The Labute approximate surface area is 168 Å². The zero-order valence-corrected chi connectivity index (χ0v) is 16.6. The van der Waals surface area contributed by atoms with Crippen LogP contribution in [0.1, 0.15) is 17.2 Å². The predicted molar refractivity (Wildman–Crippen MR) is 106 cm³/mol. The molecule has 0 spiro atoms. The standard InChI is InChI=1S/C21H24F2N2O2S/c1-15-2-4-16(5-3-15)19(13-25-8-10-27-11-9-25)24-21(26)14-28-20-12-17(22)6-7-18(20)23/h2-7,12,19H,8-11,13-14H2,1H3,(H,24,26)/t19-/m1/s1. The third-order valence-corrected chi connectivity index (χ3v) is 5.64. The largest absolute Gasteiger partial charge is 0.379 e. The molecule has 0 aromatic heterocycles. The summed E-state index contributed by atoms with van der Waals surface area (Å²) in [5, 5.41) is 3.05. The van der Waals surface area contributed by atoms with Crippen molar-refractivity contribution in [2.24, 2.45) is 0 Å². The van der Waals surface area contributed by atoms with E-state index < -0.39 is 11.6 Å². The van der Waals surface area contributed by atoms with Crippen molar-refractivity contribution in [1.29, 1.82) is 0 Å². The van der Waals surface area contributed by atoms with Gasteiger partial charge in [-0.2, -0.15) is 0 Å². The number of nitrogens with zero attached hydrogens (tertiary/aromatic N) is 1. The Bertz CT molecular complexity index is 795. The number of benzene rings is 2. The van der Waals surface area contributed by atoms with Gasteiger partial charge in [-0.05, 0) is 30.7 Å². The van der Waals surface area contributed by atoms with Gasteiger partial charge in [-0.25, -0.2) is 8.78 Å². The molecule has 1 amide bonds. The summed E-state index contributed by atoms with van der Waals surface area (Å²) >= 11 is 0.994. The number of amides is 1. The molecule has 4 nitrogen and oxygen atoms in total. The van der Waals surface area contributed by atoms with E-state index in [1.54, 1.807) is 0 Å². The highest BCUT2D eigenvalue weighted by Crippen LogP contribution is 2.23. The van der Waals surface area contributed by atoms with Crippen molar-refractivity contribution in [3.63, 3.8) is 0 Å². The molecule has 1 aliphatic rings. The number of halogens is 2. The van der Waals surface area contributed by atoms with E-state index >= 15 is 0 Å². The number of thioether (sulfide) groups is 1. The van der Waals surface area contributed by atoms with Crippen LogP contribution >= 0.6 is 11.8 Å². The van der Waals surface area contributed by atoms with E-state index in [0.29, 0.717) is 19.8 Å².